The normalized spacial score (nSPS) is 19.7. The number of rotatable bonds is 15. The maximum Gasteiger partial charge on any atom is 0.243 e. The lowest BCUT2D eigenvalue weighted by atomic mass is 9.93. The molecule has 2 rings (SSSR count). The first kappa shape index (κ1) is 27.8. The van der Waals surface area contributed by atoms with E-state index in [4.69, 9.17) is 4.74 Å². The number of nitrogens with zero attached hydrogens (tertiary/aromatic N) is 2. The number of ether oxygens (including phenoxy) is 1. The molecule has 0 spiro atoms. The minimum absolute atomic E-state index is 0.0492. The highest BCUT2D eigenvalue weighted by atomic mass is 79.9. The molecule has 0 amide bonds. The summed E-state index contributed by atoms with van der Waals surface area (Å²) >= 11 is 3.37. The monoisotopic (exact) mass is 530 g/mol. The van der Waals surface area contributed by atoms with Crippen molar-refractivity contribution in [1.29, 1.82) is 0 Å². The Morgan fingerprint density at radius 2 is 1.62 bits per heavy atom. The van der Waals surface area contributed by atoms with Gasteiger partial charge in [-0.05, 0) is 83.3 Å². The number of halogens is 1. The minimum Gasteiger partial charge on any atom is -0.378 e. The average Bonchev–Trinajstić information content (AvgIpc) is 2.78. The van der Waals surface area contributed by atoms with Crippen molar-refractivity contribution in [2.45, 2.75) is 94.6 Å². The van der Waals surface area contributed by atoms with Gasteiger partial charge in [0, 0.05) is 24.2 Å². The number of sulfonamides is 1. The molecule has 1 aliphatic carbocycles. The summed E-state index contributed by atoms with van der Waals surface area (Å²) in [4.78, 5) is 2.80. The van der Waals surface area contributed by atoms with Gasteiger partial charge in [0.1, 0.15) is 0 Å². The van der Waals surface area contributed by atoms with Crippen LogP contribution in [0.2, 0.25) is 0 Å². The standard InChI is InChI=1S/C25H43BrN2O3S/c1-4-5-8-18-27(2)19-9-6-7-10-20-31-24-16-14-23(15-17-24)28(3)32(29,30)25-13-11-12-22(26)21-25/h11-13,21,23-24H,4-10,14-20H2,1-3H3. The molecule has 1 aliphatic rings. The van der Waals surface area contributed by atoms with E-state index in [1.54, 1.807) is 29.6 Å². The number of hydrogen-bond donors (Lipinski definition) is 0. The van der Waals surface area contributed by atoms with Crippen molar-refractivity contribution < 1.29 is 13.2 Å². The predicted molar refractivity (Wildman–Crippen MR) is 137 cm³/mol. The average molecular weight is 532 g/mol. The second-order valence-electron chi connectivity index (χ2n) is 9.20. The summed E-state index contributed by atoms with van der Waals surface area (Å²) < 4.78 is 34.3. The highest BCUT2D eigenvalue weighted by Gasteiger charge is 2.31. The number of benzene rings is 1. The van der Waals surface area contributed by atoms with Gasteiger partial charge in [-0.25, -0.2) is 8.42 Å². The van der Waals surface area contributed by atoms with Crippen LogP contribution >= 0.6 is 15.9 Å². The lowest BCUT2D eigenvalue weighted by Crippen LogP contribution is -2.40. The maximum atomic E-state index is 12.9. The summed E-state index contributed by atoms with van der Waals surface area (Å²) in [6.07, 6.45) is 12.7. The van der Waals surface area contributed by atoms with E-state index in [0.717, 1.165) is 43.2 Å². The van der Waals surface area contributed by atoms with Gasteiger partial charge in [-0.2, -0.15) is 4.31 Å². The van der Waals surface area contributed by atoms with E-state index >= 15 is 0 Å². The van der Waals surface area contributed by atoms with Gasteiger partial charge in [0.15, 0.2) is 0 Å². The molecule has 184 valence electrons. The van der Waals surface area contributed by atoms with Gasteiger partial charge in [0.25, 0.3) is 0 Å². The van der Waals surface area contributed by atoms with Crippen LogP contribution in [0.25, 0.3) is 0 Å². The van der Waals surface area contributed by atoms with Crippen molar-refractivity contribution >= 4 is 26.0 Å². The molecule has 0 bridgehead atoms. The number of unbranched alkanes of at least 4 members (excludes halogenated alkanes) is 5. The Balaban J connectivity index is 1.58. The summed E-state index contributed by atoms with van der Waals surface area (Å²) in [5.74, 6) is 0. The Bertz CT molecular complexity index is 751. The molecule has 0 heterocycles. The van der Waals surface area contributed by atoms with Crippen molar-refractivity contribution in [1.82, 2.24) is 9.21 Å². The largest absolute Gasteiger partial charge is 0.378 e. The van der Waals surface area contributed by atoms with Gasteiger partial charge in [-0.15, -0.1) is 0 Å². The zero-order chi connectivity index (χ0) is 23.4. The van der Waals surface area contributed by atoms with Crippen LogP contribution in [0.4, 0.5) is 0 Å². The molecular weight excluding hydrogens is 488 g/mol. The fraction of sp³-hybridized carbons (Fsp3) is 0.760. The zero-order valence-electron chi connectivity index (χ0n) is 20.3. The number of hydrogen-bond acceptors (Lipinski definition) is 4. The second kappa shape index (κ2) is 14.7. The Hall–Kier alpha value is -0.470. The van der Waals surface area contributed by atoms with E-state index in [1.165, 1.54) is 51.6 Å². The van der Waals surface area contributed by atoms with Gasteiger partial charge in [-0.1, -0.05) is 54.6 Å². The summed E-state index contributed by atoms with van der Waals surface area (Å²) in [7, 11) is 0.482. The fourth-order valence-corrected chi connectivity index (χ4v) is 6.41. The molecule has 0 unspecified atom stereocenters. The molecule has 0 N–H and O–H groups in total. The maximum absolute atomic E-state index is 12.9. The molecule has 1 fully saturated rings. The summed E-state index contributed by atoms with van der Waals surface area (Å²) in [5.41, 5.74) is 0. The van der Waals surface area contributed by atoms with E-state index in [2.05, 4.69) is 34.8 Å². The predicted octanol–water partition coefficient (Wildman–Crippen LogP) is 6.08. The fourth-order valence-electron chi connectivity index (χ4n) is 4.40. The molecule has 32 heavy (non-hydrogen) atoms. The van der Waals surface area contributed by atoms with Gasteiger partial charge in [-0.3, -0.25) is 0 Å². The lowest BCUT2D eigenvalue weighted by Gasteiger charge is -2.34. The van der Waals surface area contributed by atoms with Crippen LogP contribution in [0.5, 0.6) is 0 Å². The van der Waals surface area contributed by atoms with Crippen LogP contribution in [0, 0.1) is 0 Å². The molecule has 0 aromatic heterocycles. The third-order valence-corrected chi connectivity index (χ3v) is 8.96. The molecular formula is C25H43BrN2O3S. The molecule has 0 radical (unpaired) electrons. The van der Waals surface area contributed by atoms with E-state index < -0.39 is 10.0 Å². The Labute approximate surface area is 205 Å². The highest BCUT2D eigenvalue weighted by molar-refractivity contribution is 9.10. The van der Waals surface area contributed by atoms with Gasteiger partial charge in [0.05, 0.1) is 11.0 Å². The van der Waals surface area contributed by atoms with Crippen molar-refractivity contribution in [3.8, 4) is 0 Å². The van der Waals surface area contributed by atoms with Gasteiger partial charge < -0.3 is 9.64 Å². The Morgan fingerprint density at radius 1 is 0.969 bits per heavy atom. The van der Waals surface area contributed by atoms with Crippen molar-refractivity contribution in [3.05, 3.63) is 28.7 Å². The first-order chi connectivity index (χ1) is 15.3. The molecule has 1 aromatic carbocycles. The first-order valence-corrected chi connectivity index (χ1v) is 14.6. The van der Waals surface area contributed by atoms with E-state index in [9.17, 15) is 8.42 Å². The van der Waals surface area contributed by atoms with Crippen LogP contribution in [0.1, 0.15) is 77.6 Å². The van der Waals surface area contributed by atoms with Crippen LogP contribution in [-0.2, 0) is 14.8 Å². The SMILES string of the molecule is CCCCCN(C)CCCCCCOC1CCC(N(C)S(=O)(=O)c2cccc(Br)c2)CC1. The molecule has 7 heteroatoms. The van der Waals surface area contributed by atoms with Crippen LogP contribution in [0.3, 0.4) is 0 Å². The van der Waals surface area contributed by atoms with E-state index in [0.29, 0.717) is 4.90 Å². The third kappa shape index (κ3) is 9.41. The molecule has 1 aromatic rings. The topological polar surface area (TPSA) is 49.9 Å². The van der Waals surface area contributed by atoms with Crippen LogP contribution in [0.15, 0.2) is 33.6 Å². The molecule has 0 atom stereocenters. The van der Waals surface area contributed by atoms with Crippen molar-refractivity contribution in [2.24, 2.45) is 0 Å². The highest BCUT2D eigenvalue weighted by Crippen LogP contribution is 2.29. The zero-order valence-corrected chi connectivity index (χ0v) is 22.7. The summed E-state index contributed by atoms with van der Waals surface area (Å²) in [6.45, 7) is 5.50. The van der Waals surface area contributed by atoms with Gasteiger partial charge >= 0.3 is 0 Å². The van der Waals surface area contributed by atoms with E-state index in [-0.39, 0.29) is 12.1 Å². The lowest BCUT2D eigenvalue weighted by molar-refractivity contribution is 0.0156. The Morgan fingerprint density at radius 3 is 2.28 bits per heavy atom. The summed E-state index contributed by atoms with van der Waals surface area (Å²) in [5, 5.41) is 0. The molecule has 1 saturated carbocycles. The molecule has 0 saturated heterocycles. The second-order valence-corrected chi connectivity index (χ2v) is 12.1. The van der Waals surface area contributed by atoms with Crippen LogP contribution in [-0.4, -0.2) is 63.6 Å². The first-order valence-electron chi connectivity index (χ1n) is 12.4. The van der Waals surface area contributed by atoms with E-state index in [1.807, 2.05) is 6.07 Å². The minimum atomic E-state index is -3.46. The summed E-state index contributed by atoms with van der Waals surface area (Å²) in [6, 6.07) is 6.99. The molecule has 0 aliphatic heterocycles. The third-order valence-electron chi connectivity index (χ3n) is 6.56. The Kier molecular flexibility index (Phi) is 12.8. The smallest absolute Gasteiger partial charge is 0.243 e. The van der Waals surface area contributed by atoms with Gasteiger partial charge in [0.2, 0.25) is 10.0 Å². The molecule has 5 nitrogen and oxygen atoms in total. The quantitative estimate of drug-likeness (QED) is 0.258. The van der Waals surface area contributed by atoms with Crippen molar-refractivity contribution in [2.75, 3.05) is 33.8 Å². The van der Waals surface area contributed by atoms with Crippen LogP contribution < -0.4 is 0 Å². The van der Waals surface area contributed by atoms with Crippen molar-refractivity contribution in [3.63, 3.8) is 0 Å².